The Labute approximate surface area is 143 Å². The second-order valence-corrected chi connectivity index (χ2v) is 9.95. The van der Waals surface area contributed by atoms with E-state index in [1.807, 2.05) is 0 Å². The van der Waals surface area contributed by atoms with E-state index in [-0.39, 0.29) is 5.75 Å². The fourth-order valence-corrected chi connectivity index (χ4v) is 5.81. The lowest BCUT2D eigenvalue weighted by atomic mass is 9.34. The minimum Gasteiger partial charge on any atom is -0.359 e. The van der Waals surface area contributed by atoms with Crippen molar-refractivity contribution in [2.45, 2.75) is 75.2 Å². The molecule has 0 amide bonds. The molecule has 0 aromatic heterocycles. The third-order valence-electron chi connectivity index (χ3n) is 6.07. The van der Waals surface area contributed by atoms with Crippen LogP contribution in [0.15, 0.2) is 4.40 Å². The molecule has 3 rings (SSSR count). The van der Waals surface area contributed by atoms with Crippen LogP contribution in [0.3, 0.4) is 0 Å². The van der Waals surface area contributed by atoms with Gasteiger partial charge in [-0.3, -0.25) is 0 Å². The lowest BCUT2D eigenvalue weighted by molar-refractivity contribution is 0.427. The van der Waals surface area contributed by atoms with Crippen molar-refractivity contribution in [3.63, 3.8) is 0 Å². The summed E-state index contributed by atoms with van der Waals surface area (Å²) in [7, 11) is 0.329. The Bertz CT molecular complexity index is 542. The van der Waals surface area contributed by atoms with E-state index in [2.05, 4.69) is 17.1 Å². The Hall–Kier alpha value is -0.450. The molecule has 1 saturated carbocycles. The molecule has 0 aromatic carbocycles. The molecule has 0 radical (unpaired) electrons. The van der Waals surface area contributed by atoms with Crippen molar-refractivity contribution >= 4 is 31.0 Å². The molecule has 2 heterocycles. The van der Waals surface area contributed by atoms with Crippen LogP contribution < -0.4 is 0 Å². The van der Waals surface area contributed by atoms with Crippen LogP contribution in [0.5, 0.6) is 0 Å². The number of hydrogen-bond donors (Lipinski definition) is 0. The van der Waals surface area contributed by atoms with Gasteiger partial charge in [0, 0.05) is 13.1 Å². The minimum atomic E-state index is -3.23. The van der Waals surface area contributed by atoms with E-state index in [0.717, 1.165) is 26.1 Å². The first-order valence-corrected chi connectivity index (χ1v) is 11.2. The van der Waals surface area contributed by atoms with Crippen LogP contribution in [0, 0.1) is 0 Å². The SMILES string of the molecule is BC1(BC2CCCCN3CCS(=O)(=O)N=C23)CCCCCCC1. The second-order valence-electron chi connectivity index (χ2n) is 8.20. The number of fused-ring (bicyclic) bond motifs is 1. The summed E-state index contributed by atoms with van der Waals surface area (Å²) in [6, 6.07) is 0. The van der Waals surface area contributed by atoms with Crippen LogP contribution in [0.1, 0.15) is 64.2 Å². The number of amidine groups is 1. The van der Waals surface area contributed by atoms with Crippen molar-refractivity contribution in [1.82, 2.24) is 4.90 Å². The summed E-state index contributed by atoms with van der Waals surface area (Å²) in [4.78, 5) is 2.27. The van der Waals surface area contributed by atoms with Gasteiger partial charge in [-0.2, -0.15) is 4.40 Å². The molecule has 3 aliphatic rings. The highest BCUT2D eigenvalue weighted by atomic mass is 32.2. The van der Waals surface area contributed by atoms with Gasteiger partial charge in [0.1, 0.15) is 13.1 Å². The highest BCUT2D eigenvalue weighted by molar-refractivity contribution is 7.90. The first kappa shape index (κ1) is 17.4. The van der Waals surface area contributed by atoms with Crippen LogP contribution in [-0.4, -0.2) is 53.1 Å². The summed E-state index contributed by atoms with van der Waals surface area (Å²) in [5.74, 6) is 1.44. The van der Waals surface area contributed by atoms with Crippen LogP contribution in [0.25, 0.3) is 0 Å². The first-order valence-electron chi connectivity index (χ1n) is 9.55. The molecule has 1 atom stereocenters. The zero-order valence-electron chi connectivity index (χ0n) is 14.6. The van der Waals surface area contributed by atoms with Gasteiger partial charge in [0.15, 0.2) is 0 Å². The Morgan fingerprint density at radius 3 is 2.48 bits per heavy atom. The Kier molecular flexibility index (Phi) is 5.44. The summed E-state index contributed by atoms with van der Waals surface area (Å²) in [6.45, 7) is 1.63. The lowest BCUT2D eigenvalue weighted by Crippen LogP contribution is -2.43. The van der Waals surface area contributed by atoms with Gasteiger partial charge >= 0.3 is 0 Å². The van der Waals surface area contributed by atoms with Gasteiger partial charge in [-0.25, -0.2) is 8.42 Å². The summed E-state index contributed by atoms with van der Waals surface area (Å²) in [5.41, 5.74) is 0. The van der Waals surface area contributed by atoms with E-state index in [1.54, 1.807) is 0 Å². The highest BCUT2D eigenvalue weighted by Gasteiger charge is 2.37. The predicted molar refractivity (Wildman–Crippen MR) is 101 cm³/mol. The molecular formula is C16H30B2N2O2S. The third-order valence-corrected chi connectivity index (χ3v) is 7.24. The fourth-order valence-electron chi connectivity index (χ4n) is 4.72. The first-order chi connectivity index (χ1) is 11.0. The number of hydrogen-bond acceptors (Lipinski definition) is 3. The van der Waals surface area contributed by atoms with Gasteiger partial charge in [-0.15, -0.1) is 0 Å². The summed E-state index contributed by atoms with van der Waals surface area (Å²) in [5, 5.41) is 0.366. The smallest absolute Gasteiger partial charge is 0.256 e. The molecule has 0 N–H and O–H groups in total. The molecule has 128 valence electrons. The maximum Gasteiger partial charge on any atom is 0.256 e. The van der Waals surface area contributed by atoms with E-state index in [1.165, 1.54) is 57.8 Å². The summed E-state index contributed by atoms with van der Waals surface area (Å²) >= 11 is 0. The van der Waals surface area contributed by atoms with Gasteiger partial charge in [0.25, 0.3) is 10.0 Å². The minimum absolute atomic E-state index is 0.195. The molecule has 0 aromatic rings. The van der Waals surface area contributed by atoms with Crippen molar-refractivity contribution in [2.24, 2.45) is 4.40 Å². The Balaban J connectivity index is 1.79. The monoisotopic (exact) mass is 336 g/mol. The van der Waals surface area contributed by atoms with E-state index >= 15 is 0 Å². The van der Waals surface area contributed by atoms with Crippen LogP contribution in [0.2, 0.25) is 11.0 Å². The second kappa shape index (κ2) is 7.20. The molecule has 7 heteroatoms. The van der Waals surface area contributed by atoms with Gasteiger partial charge in [-0.05, 0) is 12.2 Å². The van der Waals surface area contributed by atoms with Gasteiger partial charge in [-0.1, -0.05) is 63.0 Å². The van der Waals surface area contributed by atoms with Gasteiger partial charge in [0.05, 0.1) is 13.6 Å². The van der Waals surface area contributed by atoms with Crippen LogP contribution in [0.4, 0.5) is 0 Å². The number of rotatable bonds is 2. The molecular weight excluding hydrogens is 306 g/mol. The van der Waals surface area contributed by atoms with E-state index in [0.29, 0.717) is 17.6 Å². The zero-order chi connectivity index (χ0) is 16.3. The zero-order valence-corrected chi connectivity index (χ0v) is 15.4. The normalized spacial score (nSPS) is 31.0. The third kappa shape index (κ3) is 4.55. The molecule has 23 heavy (non-hydrogen) atoms. The molecule has 1 unspecified atom stereocenters. The van der Waals surface area contributed by atoms with E-state index in [4.69, 9.17) is 0 Å². The van der Waals surface area contributed by atoms with Crippen molar-refractivity contribution in [3.8, 4) is 0 Å². The predicted octanol–water partition coefficient (Wildman–Crippen LogP) is 1.93. The van der Waals surface area contributed by atoms with E-state index < -0.39 is 10.0 Å². The topological polar surface area (TPSA) is 49.7 Å². The molecule has 4 nitrogen and oxygen atoms in total. The molecule has 1 aliphatic carbocycles. The van der Waals surface area contributed by atoms with Crippen molar-refractivity contribution < 1.29 is 8.42 Å². The molecule has 0 bridgehead atoms. The number of nitrogens with zero attached hydrogens (tertiary/aromatic N) is 2. The van der Waals surface area contributed by atoms with Gasteiger partial charge in [0.2, 0.25) is 0 Å². The Morgan fingerprint density at radius 1 is 1.04 bits per heavy atom. The maximum atomic E-state index is 12.0. The largest absolute Gasteiger partial charge is 0.359 e. The average Bonchev–Trinajstić information content (AvgIpc) is 2.65. The van der Waals surface area contributed by atoms with Crippen molar-refractivity contribution in [1.29, 1.82) is 0 Å². The maximum absolute atomic E-state index is 12.0. The van der Waals surface area contributed by atoms with Crippen LogP contribution in [-0.2, 0) is 10.0 Å². The molecule has 2 fully saturated rings. The van der Waals surface area contributed by atoms with Crippen molar-refractivity contribution in [2.75, 3.05) is 18.8 Å². The van der Waals surface area contributed by atoms with Gasteiger partial charge < -0.3 is 4.90 Å². The standard InChI is InChI=1S/C16H30B2N2O2S/c17-16(9-5-2-1-3-6-10-16)18-14-8-4-7-11-20-12-13-23(21,22)19-15(14)20/h14,18H,1-13,17H2. The fraction of sp³-hybridized carbons (Fsp3) is 0.938. The van der Waals surface area contributed by atoms with Crippen molar-refractivity contribution in [3.05, 3.63) is 0 Å². The quantitative estimate of drug-likeness (QED) is 0.724. The molecule has 2 aliphatic heterocycles. The summed E-state index contributed by atoms with van der Waals surface area (Å²) in [6.07, 6.45) is 12.9. The summed E-state index contributed by atoms with van der Waals surface area (Å²) < 4.78 is 28.3. The average molecular weight is 336 g/mol. The number of sulfonamides is 1. The lowest BCUT2D eigenvalue weighted by Gasteiger charge is -2.37. The van der Waals surface area contributed by atoms with E-state index in [9.17, 15) is 8.42 Å². The Morgan fingerprint density at radius 2 is 1.74 bits per heavy atom. The molecule has 0 spiro atoms. The van der Waals surface area contributed by atoms with Crippen LogP contribution >= 0.6 is 0 Å². The molecule has 1 saturated heterocycles. The highest BCUT2D eigenvalue weighted by Crippen LogP contribution is 2.41.